The van der Waals surface area contributed by atoms with Crippen molar-refractivity contribution in [1.82, 2.24) is 9.97 Å². The van der Waals surface area contributed by atoms with Gasteiger partial charge in [-0.1, -0.05) is 13.0 Å². The van der Waals surface area contributed by atoms with Gasteiger partial charge in [0.2, 0.25) is 5.28 Å². The number of benzene rings is 1. The molecule has 1 fully saturated rings. The third-order valence-corrected chi connectivity index (χ3v) is 4.77. The van der Waals surface area contributed by atoms with Crippen LogP contribution in [0.2, 0.25) is 5.28 Å². The molecule has 0 bridgehead atoms. The first-order valence-corrected chi connectivity index (χ1v) is 9.34. The first kappa shape index (κ1) is 18.7. The van der Waals surface area contributed by atoms with Crippen LogP contribution in [-0.4, -0.2) is 36.3 Å². The highest BCUT2D eigenvalue weighted by Gasteiger charge is 2.16. The maximum Gasteiger partial charge on any atom is 0.224 e. The Balaban J connectivity index is 1.73. The zero-order valence-corrected chi connectivity index (χ0v) is 16.0. The summed E-state index contributed by atoms with van der Waals surface area (Å²) < 4.78 is 10.7. The summed E-state index contributed by atoms with van der Waals surface area (Å²) in [6.45, 7) is 4.36. The lowest BCUT2D eigenvalue weighted by atomic mass is 10.0. The molecule has 2 N–H and O–H groups in total. The van der Waals surface area contributed by atoms with Crippen LogP contribution in [0.15, 0.2) is 24.4 Å². The van der Waals surface area contributed by atoms with Gasteiger partial charge in [0.15, 0.2) is 5.82 Å². The van der Waals surface area contributed by atoms with Crippen LogP contribution in [0.3, 0.4) is 0 Å². The van der Waals surface area contributed by atoms with Gasteiger partial charge in [0.1, 0.15) is 5.75 Å². The molecule has 1 aliphatic heterocycles. The summed E-state index contributed by atoms with van der Waals surface area (Å²) in [5.41, 5.74) is 3.32. The average molecular weight is 377 g/mol. The van der Waals surface area contributed by atoms with Crippen LogP contribution in [-0.2, 0) is 17.7 Å². The SMILES string of the molecule is CCc1cc(OC)ccc1CNc1cnc(Cl)nc1NC1CCOCC1. The van der Waals surface area contributed by atoms with Crippen LogP contribution < -0.4 is 15.4 Å². The molecule has 0 aliphatic carbocycles. The lowest BCUT2D eigenvalue weighted by molar-refractivity contribution is 0.0904. The quantitative estimate of drug-likeness (QED) is 0.714. The largest absolute Gasteiger partial charge is 0.497 e. The van der Waals surface area contributed by atoms with Crippen molar-refractivity contribution < 1.29 is 9.47 Å². The fraction of sp³-hybridized carbons (Fsp3) is 0.474. The van der Waals surface area contributed by atoms with E-state index in [1.165, 1.54) is 11.1 Å². The van der Waals surface area contributed by atoms with Gasteiger partial charge in [0.25, 0.3) is 0 Å². The second kappa shape index (κ2) is 9.05. The molecule has 1 aliphatic rings. The Labute approximate surface area is 159 Å². The number of halogens is 1. The molecule has 140 valence electrons. The Morgan fingerprint density at radius 3 is 2.81 bits per heavy atom. The normalized spacial score (nSPS) is 14.9. The van der Waals surface area contributed by atoms with Gasteiger partial charge in [-0.2, -0.15) is 4.98 Å². The van der Waals surface area contributed by atoms with E-state index in [-0.39, 0.29) is 5.28 Å². The van der Waals surface area contributed by atoms with E-state index in [9.17, 15) is 0 Å². The maximum absolute atomic E-state index is 6.00. The number of methoxy groups -OCH3 is 1. The highest BCUT2D eigenvalue weighted by atomic mass is 35.5. The first-order valence-electron chi connectivity index (χ1n) is 8.96. The van der Waals surface area contributed by atoms with Crippen molar-refractivity contribution >= 4 is 23.1 Å². The van der Waals surface area contributed by atoms with Gasteiger partial charge in [-0.15, -0.1) is 0 Å². The number of hydrogen-bond acceptors (Lipinski definition) is 6. The number of nitrogens with one attached hydrogen (secondary N) is 2. The third-order valence-electron chi connectivity index (χ3n) is 4.59. The number of rotatable bonds is 7. The van der Waals surface area contributed by atoms with Crippen molar-refractivity contribution in [3.8, 4) is 5.75 Å². The molecular weight excluding hydrogens is 352 g/mol. The van der Waals surface area contributed by atoms with Crippen molar-refractivity contribution in [2.24, 2.45) is 0 Å². The summed E-state index contributed by atoms with van der Waals surface area (Å²) in [6.07, 6.45) is 4.59. The maximum atomic E-state index is 6.00. The highest BCUT2D eigenvalue weighted by Crippen LogP contribution is 2.25. The van der Waals surface area contributed by atoms with Gasteiger partial charge in [-0.05, 0) is 54.1 Å². The minimum Gasteiger partial charge on any atom is -0.497 e. The molecule has 1 saturated heterocycles. The summed E-state index contributed by atoms with van der Waals surface area (Å²) in [4.78, 5) is 8.49. The average Bonchev–Trinajstić information content (AvgIpc) is 2.68. The fourth-order valence-corrected chi connectivity index (χ4v) is 3.19. The lowest BCUT2D eigenvalue weighted by Gasteiger charge is -2.25. The van der Waals surface area contributed by atoms with Crippen LogP contribution in [0.5, 0.6) is 5.75 Å². The second-order valence-corrected chi connectivity index (χ2v) is 6.61. The topological polar surface area (TPSA) is 68.3 Å². The summed E-state index contributed by atoms with van der Waals surface area (Å²) in [5, 5.41) is 7.16. The van der Waals surface area contributed by atoms with E-state index >= 15 is 0 Å². The molecule has 0 unspecified atom stereocenters. The van der Waals surface area contributed by atoms with E-state index in [0.29, 0.717) is 12.6 Å². The standard InChI is InChI=1S/C19H25ClN4O2/c1-3-13-10-16(25-2)5-4-14(13)11-21-17-12-22-19(20)24-18(17)23-15-6-8-26-9-7-15/h4-5,10,12,15,21H,3,6-9,11H2,1-2H3,(H,22,23,24). The Morgan fingerprint density at radius 2 is 2.08 bits per heavy atom. The molecular formula is C19H25ClN4O2. The van der Waals surface area contributed by atoms with Crippen LogP contribution >= 0.6 is 11.6 Å². The fourth-order valence-electron chi connectivity index (χ4n) is 3.06. The van der Waals surface area contributed by atoms with Gasteiger partial charge < -0.3 is 20.1 Å². The monoisotopic (exact) mass is 376 g/mol. The van der Waals surface area contributed by atoms with E-state index in [0.717, 1.165) is 49.7 Å². The molecule has 7 heteroatoms. The van der Waals surface area contributed by atoms with E-state index < -0.39 is 0 Å². The highest BCUT2D eigenvalue weighted by molar-refractivity contribution is 6.28. The van der Waals surface area contributed by atoms with Gasteiger partial charge in [-0.3, -0.25) is 0 Å². The molecule has 0 spiro atoms. The third kappa shape index (κ3) is 4.77. The molecule has 0 radical (unpaired) electrons. The molecule has 0 atom stereocenters. The summed E-state index contributed by atoms with van der Waals surface area (Å²) in [5.74, 6) is 1.62. The molecule has 2 heterocycles. The predicted octanol–water partition coefficient (Wildman–Crippen LogP) is 3.90. The Bertz CT molecular complexity index is 735. The summed E-state index contributed by atoms with van der Waals surface area (Å²) in [7, 11) is 1.69. The number of aryl methyl sites for hydroxylation is 1. The molecule has 0 saturated carbocycles. The molecule has 1 aromatic heterocycles. The minimum absolute atomic E-state index is 0.240. The van der Waals surface area contributed by atoms with Crippen molar-refractivity contribution in [2.75, 3.05) is 31.0 Å². The Hall–Kier alpha value is -2.05. The summed E-state index contributed by atoms with van der Waals surface area (Å²) >= 11 is 6.00. The van der Waals surface area contributed by atoms with Gasteiger partial charge in [0, 0.05) is 25.8 Å². The molecule has 3 rings (SSSR count). The van der Waals surface area contributed by atoms with E-state index in [4.69, 9.17) is 21.1 Å². The molecule has 1 aromatic carbocycles. The van der Waals surface area contributed by atoms with Gasteiger partial charge in [-0.25, -0.2) is 4.98 Å². The zero-order valence-electron chi connectivity index (χ0n) is 15.2. The number of nitrogens with zero attached hydrogens (tertiary/aromatic N) is 2. The minimum atomic E-state index is 0.240. The van der Waals surface area contributed by atoms with E-state index in [2.05, 4.69) is 39.7 Å². The van der Waals surface area contributed by atoms with E-state index in [1.54, 1.807) is 13.3 Å². The van der Waals surface area contributed by atoms with Crippen LogP contribution in [0, 0.1) is 0 Å². The van der Waals surface area contributed by atoms with E-state index in [1.807, 2.05) is 6.07 Å². The molecule has 2 aromatic rings. The summed E-state index contributed by atoms with van der Waals surface area (Å²) in [6, 6.07) is 6.49. The van der Waals surface area contributed by atoms with Crippen LogP contribution in [0.4, 0.5) is 11.5 Å². The number of hydrogen-bond donors (Lipinski definition) is 2. The van der Waals surface area contributed by atoms with Crippen molar-refractivity contribution in [3.05, 3.63) is 40.8 Å². The molecule has 6 nitrogen and oxygen atoms in total. The second-order valence-electron chi connectivity index (χ2n) is 6.27. The van der Waals surface area contributed by atoms with Gasteiger partial charge in [0.05, 0.1) is 19.0 Å². The lowest BCUT2D eigenvalue weighted by Crippen LogP contribution is -2.28. The number of aromatic nitrogens is 2. The molecule has 26 heavy (non-hydrogen) atoms. The first-order chi connectivity index (χ1) is 12.7. The smallest absolute Gasteiger partial charge is 0.224 e. The van der Waals surface area contributed by atoms with Crippen LogP contribution in [0.25, 0.3) is 0 Å². The molecule has 0 amide bonds. The number of ether oxygens (including phenoxy) is 2. The van der Waals surface area contributed by atoms with Crippen LogP contribution in [0.1, 0.15) is 30.9 Å². The Morgan fingerprint density at radius 1 is 1.27 bits per heavy atom. The number of anilines is 2. The zero-order chi connectivity index (χ0) is 18.4. The Kier molecular flexibility index (Phi) is 6.52. The van der Waals surface area contributed by atoms with Crippen molar-refractivity contribution in [1.29, 1.82) is 0 Å². The van der Waals surface area contributed by atoms with Gasteiger partial charge >= 0.3 is 0 Å². The predicted molar refractivity (Wildman–Crippen MR) is 104 cm³/mol. The van der Waals surface area contributed by atoms with Crippen molar-refractivity contribution in [3.63, 3.8) is 0 Å². The van der Waals surface area contributed by atoms with Crippen molar-refractivity contribution in [2.45, 2.75) is 38.8 Å².